The molecule has 1 amide bonds. The summed E-state index contributed by atoms with van der Waals surface area (Å²) >= 11 is 1.45. The predicted molar refractivity (Wildman–Crippen MR) is 100 cm³/mol. The minimum absolute atomic E-state index is 0.0360. The maximum absolute atomic E-state index is 13.1. The SMILES string of the molecule is C[C@]1(O)CCCN(S(=O)(=O)c2ccc(OCc3cncs3)cc2)[C@H]1C(=O)NO. The van der Waals surface area contributed by atoms with Crippen molar-refractivity contribution in [3.05, 3.63) is 40.8 Å². The van der Waals surface area contributed by atoms with E-state index in [0.717, 1.165) is 9.18 Å². The Balaban J connectivity index is 1.81. The van der Waals surface area contributed by atoms with Crippen molar-refractivity contribution >= 4 is 27.3 Å². The number of carbonyl (C=O) groups excluding carboxylic acids is 1. The van der Waals surface area contributed by atoms with Gasteiger partial charge in [-0.15, -0.1) is 11.3 Å². The van der Waals surface area contributed by atoms with Gasteiger partial charge in [-0.3, -0.25) is 15.0 Å². The summed E-state index contributed by atoms with van der Waals surface area (Å²) in [6.45, 7) is 1.76. The van der Waals surface area contributed by atoms with Crippen molar-refractivity contribution in [2.45, 2.75) is 42.9 Å². The van der Waals surface area contributed by atoms with Gasteiger partial charge in [-0.1, -0.05) is 0 Å². The number of rotatable bonds is 6. The standard InChI is InChI=1S/C17H21N3O6S2/c1-17(22)7-2-8-20(15(17)16(21)19-23)28(24,25)14-5-3-12(4-6-14)26-10-13-9-18-11-27-13/h3-6,9,11,15,22-23H,2,7-8,10H2,1H3,(H,19,21)/t15-,17-/m0/s1. The normalized spacial score (nSPS) is 23.3. The highest BCUT2D eigenvalue weighted by Gasteiger charge is 2.49. The van der Waals surface area contributed by atoms with Gasteiger partial charge in [0.15, 0.2) is 0 Å². The van der Waals surface area contributed by atoms with Gasteiger partial charge in [0.2, 0.25) is 10.0 Å². The fraction of sp³-hybridized carbons (Fsp3) is 0.412. The second-order valence-corrected chi connectivity index (χ2v) is 9.54. The lowest BCUT2D eigenvalue weighted by atomic mass is 9.87. The van der Waals surface area contributed by atoms with Crippen molar-refractivity contribution in [3.8, 4) is 5.75 Å². The van der Waals surface area contributed by atoms with Gasteiger partial charge >= 0.3 is 0 Å². The quantitative estimate of drug-likeness (QED) is 0.465. The number of amides is 1. The van der Waals surface area contributed by atoms with Crippen LogP contribution in [-0.2, 0) is 21.4 Å². The van der Waals surface area contributed by atoms with Crippen LogP contribution in [0.5, 0.6) is 5.75 Å². The third kappa shape index (κ3) is 4.18. The molecule has 152 valence electrons. The van der Waals surface area contributed by atoms with Crippen molar-refractivity contribution in [3.63, 3.8) is 0 Å². The number of piperidine rings is 1. The molecule has 1 aliphatic heterocycles. The predicted octanol–water partition coefficient (Wildman–Crippen LogP) is 1.13. The first-order valence-electron chi connectivity index (χ1n) is 8.54. The molecule has 1 fully saturated rings. The van der Waals surface area contributed by atoms with E-state index in [1.54, 1.807) is 11.7 Å². The Morgan fingerprint density at radius 1 is 1.43 bits per heavy atom. The van der Waals surface area contributed by atoms with E-state index in [2.05, 4.69) is 4.98 Å². The number of nitrogens with one attached hydrogen (secondary N) is 1. The van der Waals surface area contributed by atoms with E-state index >= 15 is 0 Å². The highest BCUT2D eigenvalue weighted by molar-refractivity contribution is 7.89. The van der Waals surface area contributed by atoms with E-state index in [9.17, 15) is 18.3 Å². The summed E-state index contributed by atoms with van der Waals surface area (Å²) in [4.78, 5) is 16.9. The molecule has 11 heteroatoms. The molecule has 0 saturated carbocycles. The van der Waals surface area contributed by atoms with Crippen LogP contribution in [0.4, 0.5) is 0 Å². The summed E-state index contributed by atoms with van der Waals surface area (Å²) in [5.74, 6) is -0.486. The van der Waals surface area contributed by atoms with Crippen molar-refractivity contribution in [2.24, 2.45) is 0 Å². The van der Waals surface area contributed by atoms with Crippen LogP contribution >= 0.6 is 11.3 Å². The van der Waals surface area contributed by atoms with Gasteiger partial charge in [0, 0.05) is 12.7 Å². The molecular formula is C17H21N3O6S2. The smallest absolute Gasteiger partial charge is 0.264 e. The number of aromatic nitrogens is 1. The molecular weight excluding hydrogens is 406 g/mol. The van der Waals surface area contributed by atoms with Gasteiger partial charge in [0.1, 0.15) is 18.4 Å². The summed E-state index contributed by atoms with van der Waals surface area (Å²) in [5.41, 5.74) is 1.55. The van der Waals surface area contributed by atoms with E-state index in [0.29, 0.717) is 18.8 Å². The molecule has 0 unspecified atom stereocenters. The highest BCUT2D eigenvalue weighted by Crippen LogP contribution is 2.32. The Hall–Kier alpha value is -2.05. The Labute approximate surface area is 166 Å². The molecule has 0 radical (unpaired) electrons. The van der Waals surface area contributed by atoms with Crippen LogP contribution in [0.3, 0.4) is 0 Å². The summed E-state index contributed by atoms with van der Waals surface area (Å²) in [6, 6.07) is 4.38. The maximum Gasteiger partial charge on any atom is 0.264 e. The molecule has 3 rings (SSSR count). The van der Waals surface area contributed by atoms with Crippen LogP contribution in [0, 0.1) is 0 Å². The van der Waals surface area contributed by atoms with Crippen molar-refractivity contribution in [1.29, 1.82) is 0 Å². The van der Waals surface area contributed by atoms with Crippen molar-refractivity contribution < 1.29 is 28.3 Å². The molecule has 2 heterocycles. The number of hydrogen-bond donors (Lipinski definition) is 3. The van der Waals surface area contributed by atoms with E-state index in [-0.39, 0.29) is 17.9 Å². The summed E-state index contributed by atoms with van der Waals surface area (Å²) in [5, 5.41) is 19.5. The molecule has 0 bridgehead atoms. The average Bonchev–Trinajstić information content (AvgIpc) is 3.19. The lowest BCUT2D eigenvalue weighted by Gasteiger charge is -2.42. The van der Waals surface area contributed by atoms with Gasteiger partial charge in [-0.25, -0.2) is 13.9 Å². The lowest BCUT2D eigenvalue weighted by molar-refractivity contribution is -0.144. The van der Waals surface area contributed by atoms with E-state index in [1.165, 1.54) is 48.0 Å². The van der Waals surface area contributed by atoms with Gasteiger partial charge in [-0.05, 0) is 44.0 Å². The molecule has 1 aliphatic rings. The minimum Gasteiger partial charge on any atom is -0.488 e. The topological polar surface area (TPSA) is 129 Å². The number of nitrogens with zero attached hydrogens (tertiary/aromatic N) is 2. The van der Waals surface area contributed by atoms with Crippen LogP contribution in [0.15, 0.2) is 40.9 Å². The Morgan fingerprint density at radius 2 is 2.14 bits per heavy atom. The lowest BCUT2D eigenvalue weighted by Crippen LogP contribution is -2.62. The summed E-state index contributed by atoms with van der Waals surface area (Å²) < 4.78 is 32.7. The number of carbonyl (C=O) groups is 1. The summed E-state index contributed by atoms with van der Waals surface area (Å²) in [6.07, 6.45) is 2.32. The molecule has 0 aliphatic carbocycles. The molecule has 9 nitrogen and oxygen atoms in total. The zero-order chi connectivity index (χ0) is 20.4. The first-order valence-corrected chi connectivity index (χ1v) is 10.9. The summed E-state index contributed by atoms with van der Waals surface area (Å²) in [7, 11) is -4.07. The van der Waals surface area contributed by atoms with Crippen molar-refractivity contribution in [1.82, 2.24) is 14.8 Å². The van der Waals surface area contributed by atoms with Crippen molar-refractivity contribution in [2.75, 3.05) is 6.54 Å². The van der Waals surface area contributed by atoms with Crippen LogP contribution < -0.4 is 10.2 Å². The van der Waals surface area contributed by atoms with Crippen LogP contribution in [0.2, 0.25) is 0 Å². The van der Waals surface area contributed by atoms with Gasteiger partial charge in [0.25, 0.3) is 5.91 Å². The molecule has 3 N–H and O–H groups in total. The van der Waals surface area contributed by atoms with Gasteiger partial charge in [0.05, 0.1) is 20.9 Å². The zero-order valence-corrected chi connectivity index (χ0v) is 16.7. The number of thiazole rings is 1. The molecule has 1 aromatic heterocycles. The molecule has 1 aromatic carbocycles. The maximum atomic E-state index is 13.1. The number of aliphatic hydroxyl groups is 1. The third-order valence-electron chi connectivity index (χ3n) is 4.59. The second-order valence-electron chi connectivity index (χ2n) is 6.68. The largest absolute Gasteiger partial charge is 0.488 e. The Morgan fingerprint density at radius 3 is 2.75 bits per heavy atom. The number of sulfonamides is 1. The molecule has 2 aromatic rings. The molecule has 1 saturated heterocycles. The highest BCUT2D eigenvalue weighted by atomic mass is 32.2. The molecule has 2 atom stereocenters. The minimum atomic E-state index is -4.07. The Bertz CT molecular complexity index is 913. The fourth-order valence-electron chi connectivity index (χ4n) is 3.21. The zero-order valence-electron chi connectivity index (χ0n) is 15.1. The van der Waals surface area contributed by atoms with Crippen LogP contribution in [0.25, 0.3) is 0 Å². The second kappa shape index (κ2) is 8.13. The van der Waals surface area contributed by atoms with Crippen LogP contribution in [0.1, 0.15) is 24.6 Å². The van der Waals surface area contributed by atoms with Gasteiger partial charge < -0.3 is 9.84 Å². The van der Waals surface area contributed by atoms with E-state index in [4.69, 9.17) is 9.94 Å². The van der Waals surface area contributed by atoms with Crippen LogP contribution in [-0.4, -0.2) is 52.1 Å². The van der Waals surface area contributed by atoms with E-state index < -0.39 is 27.6 Å². The Kier molecular flexibility index (Phi) is 6.01. The monoisotopic (exact) mass is 427 g/mol. The number of ether oxygens (including phenoxy) is 1. The number of hydrogen-bond acceptors (Lipinski definition) is 8. The molecule has 28 heavy (non-hydrogen) atoms. The number of hydroxylamine groups is 1. The fourth-order valence-corrected chi connectivity index (χ4v) is 5.44. The van der Waals surface area contributed by atoms with Gasteiger partial charge in [-0.2, -0.15) is 4.31 Å². The average molecular weight is 428 g/mol. The number of benzene rings is 1. The first-order chi connectivity index (χ1) is 13.3. The first kappa shape index (κ1) is 20.7. The van der Waals surface area contributed by atoms with E-state index in [1.807, 2.05) is 0 Å². The third-order valence-corrected chi connectivity index (χ3v) is 7.22. The molecule has 0 spiro atoms.